The molecule has 7 nitrogen and oxygen atoms in total. The molecule has 0 unspecified atom stereocenters. The van der Waals surface area contributed by atoms with Crippen LogP contribution in [0.15, 0.2) is 11.8 Å². The van der Waals surface area contributed by atoms with E-state index in [1.54, 1.807) is 6.92 Å². The van der Waals surface area contributed by atoms with Crippen LogP contribution >= 0.6 is 0 Å². The third-order valence-corrected chi connectivity index (χ3v) is 3.38. The third kappa shape index (κ3) is 4.99. The first-order chi connectivity index (χ1) is 10.4. The maximum atomic E-state index is 11.4. The van der Waals surface area contributed by atoms with Gasteiger partial charge in [-0.15, -0.1) is 0 Å². The number of nitrogens with one attached hydrogen (secondary N) is 1. The molecule has 0 fully saturated rings. The molecule has 3 atom stereocenters. The van der Waals surface area contributed by atoms with E-state index in [0.717, 1.165) is 12.8 Å². The molecule has 0 aromatic heterocycles. The van der Waals surface area contributed by atoms with Crippen molar-refractivity contribution in [1.82, 2.24) is 5.32 Å². The van der Waals surface area contributed by atoms with Gasteiger partial charge in [0, 0.05) is 13.5 Å². The molecule has 2 N–H and O–H groups in total. The van der Waals surface area contributed by atoms with Gasteiger partial charge in [-0.3, -0.25) is 4.79 Å². The number of aliphatic carboxylic acids is 1. The van der Waals surface area contributed by atoms with Gasteiger partial charge in [0.15, 0.2) is 0 Å². The van der Waals surface area contributed by atoms with Crippen molar-refractivity contribution in [2.75, 3.05) is 6.61 Å². The van der Waals surface area contributed by atoms with Crippen LogP contribution < -0.4 is 5.32 Å². The van der Waals surface area contributed by atoms with E-state index in [0.29, 0.717) is 6.61 Å². The van der Waals surface area contributed by atoms with Gasteiger partial charge in [-0.05, 0) is 25.8 Å². The molecule has 0 aromatic carbocycles. The van der Waals surface area contributed by atoms with Gasteiger partial charge in [0.05, 0.1) is 6.10 Å². The van der Waals surface area contributed by atoms with Crippen molar-refractivity contribution in [2.45, 2.75) is 65.1 Å². The molecule has 1 heterocycles. The van der Waals surface area contributed by atoms with E-state index in [-0.39, 0.29) is 17.8 Å². The number of amides is 1. The SMILES string of the molecule is CCO[C@H]1C=C(C(=O)O)O[C@@H](OC(CC)CC)[C@@H]1NC(C)=O. The van der Waals surface area contributed by atoms with E-state index in [9.17, 15) is 9.59 Å². The molecule has 1 aliphatic heterocycles. The first kappa shape index (κ1) is 18.4. The minimum Gasteiger partial charge on any atom is -0.475 e. The summed E-state index contributed by atoms with van der Waals surface area (Å²) in [5, 5.41) is 11.9. The Balaban J connectivity index is 3.03. The molecule has 0 aromatic rings. The first-order valence-corrected chi connectivity index (χ1v) is 7.58. The highest BCUT2D eigenvalue weighted by Crippen LogP contribution is 2.24. The van der Waals surface area contributed by atoms with Gasteiger partial charge < -0.3 is 24.6 Å². The fraction of sp³-hybridized carbons (Fsp3) is 0.733. The number of carboxylic acid groups (broad SMARTS) is 1. The Morgan fingerprint density at radius 1 is 1.36 bits per heavy atom. The monoisotopic (exact) mass is 315 g/mol. The molecule has 0 saturated heterocycles. The Labute approximate surface area is 130 Å². The van der Waals surface area contributed by atoms with Crippen molar-refractivity contribution >= 4 is 11.9 Å². The average Bonchev–Trinajstić information content (AvgIpc) is 2.46. The maximum absolute atomic E-state index is 11.4. The zero-order valence-electron chi connectivity index (χ0n) is 13.5. The summed E-state index contributed by atoms with van der Waals surface area (Å²) < 4.78 is 16.8. The molecule has 0 bridgehead atoms. The normalized spacial score (nSPS) is 24.6. The molecule has 1 amide bonds. The third-order valence-electron chi connectivity index (χ3n) is 3.38. The molecule has 1 aliphatic rings. The number of ether oxygens (including phenoxy) is 3. The van der Waals surface area contributed by atoms with Gasteiger partial charge in [-0.25, -0.2) is 4.79 Å². The van der Waals surface area contributed by atoms with Crippen LogP contribution in [-0.2, 0) is 23.8 Å². The summed E-state index contributed by atoms with van der Waals surface area (Å²) in [5.41, 5.74) is 0. The van der Waals surface area contributed by atoms with Crippen LogP contribution in [0.3, 0.4) is 0 Å². The smallest absolute Gasteiger partial charge is 0.371 e. The minimum absolute atomic E-state index is 0.0864. The topological polar surface area (TPSA) is 94.1 Å². The van der Waals surface area contributed by atoms with Crippen LogP contribution in [0.1, 0.15) is 40.5 Å². The average molecular weight is 315 g/mol. The van der Waals surface area contributed by atoms with Crippen LogP contribution in [-0.4, -0.2) is 48.1 Å². The van der Waals surface area contributed by atoms with Gasteiger partial charge in [0.2, 0.25) is 18.0 Å². The zero-order valence-corrected chi connectivity index (χ0v) is 13.5. The largest absolute Gasteiger partial charge is 0.475 e. The van der Waals surface area contributed by atoms with Crippen molar-refractivity contribution in [1.29, 1.82) is 0 Å². The molecule has 0 spiro atoms. The lowest BCUT2D eigenvalue weighted by atomic mass is 10.1. The molecule has 0 aliphatic carbocycles. The summed E-state index contributed by atoms with van der Waals surface area (Å²) in [7, 11) is 0. The van der Waals surface area contributed by atoms with Gasteiger partial charge in [-0.2, -0.15) is 0 Å². The van der Waals surface area contributed by atoms with E-state index in [2.05, 4.69) is 5.32 Å². The molecular weight excluding hydrogens is 290 g/mol. The van der Waals surface area contributed by atoms with Gasteiger partial charge in [-0.1, -0.05) is 13.8 Å². The highest BCUT2D eigenvalue weighted by atomic mass is 16.7. The summed E-state index contributed by atoms with van der Waals surface area (Å²) >= 11 is 0. The molecule has 22 heavy (non-hydrogen) atoms. The van der Waals surface area contributed by atoms with E-state index < -0.39 is 24.4 Å². The van der Waals surface area contributed by atoms with Crippen molar-refractivity contribution in [3.05, 3.63) is 11.8 Å². The summed E-state index contributed by atoms with van der Waals surface area (Å²) in [6.07, 6.45) is 1.27. The zero-order chi connectivity index (χ0) is 16.7. The van der Waals surface area contributed by atoms with Gasteiger partial charge in [0.1, 0.15) is 12.1 Å². The summed E-state index contributed by atoms with van der Waals surface area (Å²) in [5.74, 6) is -1.68. The van der Waals surface area contributed by atoms with Crippen LogP contribution in [0.25, 0.3) is 0 Å². The van der Waals surface area contributed by atoms with Crippen molar-refractivity contribution < 1.29 is 28.9 Å². The predicted molar refractivity (Wildman–Crippen MR) is 79.1 cm³/mol. The highest BCUT2D eigenvalue weighted by molar-refractivity contribution is 5.84. The van der Waals surface area contributed by atoms with E-state index >= 15 is 0 Å². The maximum Gasteiger partial charge on any atom is 0.371 e. The summed E-state index contributed by atoms with van der Waals surface area (Å²) in [4.78, 5) is 22.6. The van der Waals surface area contributed by atoms with Crippen molar-refractivity contribution in [3.8, 4) is 0 Å². The number of carboxylic acids is 1. The lowest BCUT2D eigenvalue weighted by Crippen LogP contribution is -2.55. The fourth-order valence-electron chi connectivity index (χ4n) is 2.28. The second-order valence-electron chi connectivity index (χ2n) is 5.04. The second-order valence-corrected chi connectivity index (χ2v) is 5.04. The Hall–Kier alpha value is -1.60. The van der Waals surface area contributed by atoms with Crippen LogP contribution in [0, 0.1) is 0 Å². The lowest BCUT2D eigenvalue weighted by Gasteiger charge is -2.37. The molecule has 7 heteroatoms. The molecular formula is C15H25NO6. The minimum atomic E-state index is -1.19. The predicted octanol–water partition coefficient (Wildman–Crippen LogP) is 1.43. The Morgan fingerprint density at radius 2 is 2.00 bits per heavy atom. The van der Waals surface area contributed by atoms with Gasteiger partial charge in [0.25, 0.3) is 0 Å². The van der Waals surface area contributed by atoms with Gasteiger partial charge >= 0.3 is 5.97 Å². The lowest BCUT2D eigenvalue weighted by molar-refractivity contribution is -0.197. The number of hydrogen-bond acceptors (Lipinski definition) is 5. The Bertz CT molecular complexity index is 418. The highest BCUT2D eigenvalue weighted by Gasteiger charge is 2.39. The summed E-state index contributed by atoms with van der Waals surface area (Å²) in [6, 6.07) is -0.596. The number of hydrogen-bond donors (Lipinski definition) is 2. The number of carbonyl (C=O) groups is 2. The fourth-order valence-corrected chi connectivity index (χ4v) is 2.28. The second kappa shape index (κ2) is 8.75. The molecule has 0 radical (unpaired) electrons. The molecule has 1 rings (SSSR count). The quantitative estimate of drug-likeness (QED) is 0.703. The standard InChI is InChI=1S/C15H25NO6/c1-5-10(6-2)21-15-13(16-9(4)17)11(20-7-3)8-12(22-15)14(18)19/h8,10-11,13,15H,5-7H2,1-4H3,(H,16,17)(H,18,19)/t11-,13+,15+/m0/s1. The summed E-state index contributed by atoms with van der Waals surface area (Å²) in [6.45, 7) is 7.50. The van der Waals surface area contributed by atoms with Crippen LogP contribution in [0.5, 0.6) is 0 Å². The van der Waals surface area contributed by atoms with Crippen LogP contribution in [0.4, 0.5) is 0 Å². The van der Waals surface area contributed by atoms with Crippen molar-refractivity contribution in [2.24, 2.45) is 0 Å². The Morgan fingerprint density at radius 3 is 2.45 bits per heavy atom. The Kier molecular flexibility index (Phi) is 7.34. The van der Waals surface area contributed by atoms with E-state index in [1.165, 1.54) is 13.0 Å². The number of rotatable bonds is 8. The van der Waals surface area contributed by atoms with E-state index in [1.807, 2.05) is 13.8 Å². The van der Waals surface area contributed by atoms with Crippen LogP contribution in [0.2, 0.25) is 0 Å². The molecule has 0 saturated carbocycles. The first-order valence-electron chi connectivity index (χ1n) is 7.58. The van der Waals surface area contributed by atoms with E-state index in [4.69, 9.17) is 19.3 Å². The molecule has 126 valence electrons. The number of carbonyl (C=O) groups excluding carboxylic acids is 1. The van der Waals surface area contributed by atoms with Crippen molar-refractivity contribution in [3.63, 3.8) is 0 Å².